The first-order valence-electron chi connectivity index (χ1n) is 10.7. The topological polar surface area (TPSA) is 79.8 Å². The van der Waals surface area contributed by atoms with Crippen LogP contribution in [0.15, 0.2) is 54.9 Å². The van der Waals surface area contributed by atoms with Crippen molar-refractivity contribution < 1.29 is 14.3 Å². The Balaban J connectivity index is 1.39. The maximum atomic E-state index is 12.8. The summed E-state index contributed by atoms with van der Waals surface area (Å²) in [6, 6.07) is 14.5. The number of piperazine rings is 1. The zero-order valence-electron chi connectivity index (χ0n) is 18.8. The van der Waals surface area contributed by atoms with Gasteiger partial charge in [-0.3, -0.25) is 0 Å². The van der Waals surface area contributed by atoms with Gasteiger partial charge in [-0.15, -0.1) is 0 Å². The van der Waals surface area contributed by atoms with Gasteiger partial charge in [-0.1, -0.05) is 17.7 Å². The minimum absolute atomic E-state index is 0.0115. The van der Waals surface area contributed by atoms with Crippen LogP contribution in [-0.2, 0) is 0 Å². The molecule has 0 radical (unpaired) electrons. The lowest BCUT2D eigenvalue weighted by molar-refractivity contribution is 0.184. The predicted molar refractivity (Wildman–Crippen MR) is 129 cm³/mol. The molecular weight excluding hydrogens is 442 g/mol. The second kappa shape index (κ2) is 9.95. The molecule has 0 spiro atoms. The number of nitrogens with zero attached hydrogens (tertiary/aromatic N) is 4. The monoisotopic (exact) mass is 467 g/mol. The van der Waals surface area contributed by atoms with E-state index in [1.807, 2.05) is 55.1 Å². The van der Waals surface area contributed by atoms with E-state index >= 15 is 0 Å². The van der Waals surface area contributed by atoms with Gasteiger partial charge in [0.05, 0.1) is 12.1 Å². The van der Waals surface area contributed by atoms with E-state index in [0.29, 0.717) is 36.3 Å². The second-order valence-corrected chi connectivity index (χ2v) is 8.30. The first-order chi connectivity index (χ1) is 15.9. The molecule has 1 atom stereocenters. The average molecular weight is 468 g/mol. The molecule has 1 saturated heterocycles. The van der Waals surface area contributed by atoms with Crippen LogP contribution in [0.5, 0.6) is 17.4 Å². The van der Waals surface area contributed by atoms with Gasteiger partial charge in [-0.2, -0.15) is 0 Å². The summed E-state index contributed by atoms with van der Waals surface area (Å²) in [5.41, 5.74) is 1.77. The Hall–Kier alpha value is -3.52. The van der Waals surface area contributed by atoms with Crippen LogP contribution < -0.4 is 19.7 Å². The van der Waals surface area contributed by atoms with Gasteiger partial charge >= 0.3 is 6.03 Å². The van der Waals surface area contributed by atoms with Gasteiger partial charge in [0.1, 0.15) is 23.6 Å². The summed E-state index contributed by atoms with van der Waals surface area (Å²) in [6.07, 6.45) is 1.47. The third-order valence-electron chi connectivity index (χ3n) is 5.48. The van der Waals surface area contributed by atoms with Crippen LogP contribution in [-0.4, -0.2) is 53.7 Å². The van der Waals surface area contributed by atoms with Crippen LogP contribution in [0.4, 0.5) is 16.3 Å². The normalized spacial score (nSPS) is 15.8. The first kappa shape index (κ1) is 22.7. The van der Waals surface area contributed by atoms with Crippen LogP contribution in [0.25, 0.3) is 0 Å². The number of carbonyl (C=O) groups excluding carboxylic acids is 1. The Bertz CT molecular complexity index is 1130. The molecule has 1 aliphatic heterocycles. The van der Waals surface area contributed by atoms with Crippen LogP contribution in [0.1, 0.15) is 12.5 Å². The van der Waals surface area contributed by atoms with Crippen LogP contribution in [0.2, 0.25) is 5.02 Å². The Morgan fingerprint density at radius 2 is 1.91 bits per heavy atom. The van der Waals surface area contributed by atoms with Crippen LogP contribution in [0, 0.1) is 6.92 Å². The van der Waals surface area contributed by atoms with E-state index in [-0.39, 0.29) is 12.1 Å². The molecule has 4 rings (SSSR count). The summed E-state index contributed by atoms with van der Waals surface area (Å²) in [6.45, 7) is 5.83. The van der Waals surface area contributed by atoms with Gasteiger partial charge in [0, 0.05) is 37.4 Å². The third-order valence-corrected chi connectivity index (χ3v) is 5.79. The van der Waals surface area contributed by atoms with Crippen molar-refractivity contribution in [2.45, 2.75) is 19.9 Å². The molecule has 1 N–H and O–H groups in total. The molecule has 172 valence electrons. The molecule has 2 amide bonds. The van der Waals surface area contributed by atoms with Crippen molar-refractivity contribution in [1.82, 2.24) is 14.9 Å². The number of hydrogen-bond donors (Lipinski definition) is 1. The zero-order chi connectivity index (χ0) is 23.4. The van der Waals surface area contributed by atoms with E-state index in [2.05, 4.69) is 20.2 Å². The number of ether oxygens (including phenoxy) is 2. The number of methoxy groups -OCH3 is 1. The Labute approximate surface area is 198 Å². The van der Waals surface area contributed by atoms with E-state index in [1.165, 1.54) is 6.33 Å². The number of amides is 2. The number of anilines is 2. The van der Waals surface area contributed by atoms with Gasteiger partial charge in [-0.05, 0) is 55.8 Å². The van der Waals surface area contributed by atoms with Gasteiger partial charge < -0.3 is 24.6 Å². The van der Waals surface area contributed by atoms with E-state index < -0.39 is 0 Å². The molecule has 1 aliphatic rings. The summed E-state index contributed by atoms with van der Waals surface area (Å²) in [5.74, 6) is 2.45. The van der Waals surface area contributed by atoms with Crippen LogP contribution in [0.3, 0.4) is 0 Å². The Morgan fingerprint density at radius 3 is 2.64 bits per heavy atom. The molecular formula is C24H26ClN5O3. The summed E-state index contributed by atoms with van der Waals surface area (Å²) >= 11 is 6.24. The van der Waals surface area contributed by atoms with Gasteiger partial charge in [0.25, 0.3) is 0 Å². The van der Waals surface area contributed by atoms with Crippen molar-refractivity contribution >= 4 is 29.1 Å². The number of rotatable bonds is 5. The van der Waals surface area contributed by atoms with E-state index in [4.69, 9.17) is 21.1 Å². The number of carbonyl (C=O) groups is 1. The molecule has 8 nitrogen and oxygen atoms in total. The summed E-state index contributed by atoms with van der Waals surface area (Å²) in [7, 11) is 1.61. The number of urea groups is 1. The largest absolute Gasteiger partial charge is 0.497 e. The molecule has 2 heterocycles. The summed E-state index contributed by atoms with van der Waals surface area (Å²) in [4.78, 5) is 25.4. The predicted octanol–water partition coefficient (Wildman–Crippen LogP) is 4.98. The van der Waals surface area contributed by atoms with Crippen molar-refractivity contribution in [2.75, 3.05) is 37.0 Å². The SMILES string of the molecule is COc1ccc(NC(=O)N2CCN(c3cc(Oc4cc(C)ccc4Cl)ncn3)C[C@H]2C)cc1. The standard InChI is InChI=1S/C24H26ClN5O3/c1-16-4-9-20(25)21(12-16)33-23-13-22(26-15-27-23)29-10-11-30(17(2)14-29)24(31)28-18-5-7-19(32-3)8-6-18/h4-9,12-13,15,17H,10-11,14H2,1-3H3,(H,28,31)/t17-/m1/s1. The lowest BCUT2D eigenvalue weighted by Gasteiger charge is -2.40. The second-order valence-electron chi connectivity index (χ2n) is 7.90. The minimum atomic E-state index is -0.131. The molecule has 33 heavy (non-hydrogen) atoms. The highest BCUT2D eigenvalue weighted by molar-refractivity contribution is 6.32. The van der Waals surface area contributed by atoms with Crippen molar-refractivity contribution in [1.29, 1.82) is 0 Å². The lowest BCUT2D eigenvalue weighted by atomic mass is 10.2. The highest BCUT2D eigenvalue weighted by Crippen LogP contribution is 2.30. The van der Waals surface area contributed by atoms with E-state index in [0.717, 1.165) is 22.8 Å². The minimum Gasteiger partial charge on any atom is -0.497 e. The van der Waals surface area contributed by atoms with Gasteiger partial charge in [0.2, 0.25) is 5.88 Å². The number of hydrogen-bond acceptors (Lipinski definition) is 6. The maximum absolute atomic E-state index is 12.8. The Morgan fingerprint density at radius 1 is 1.12 bits per heavy atom. The van der Waals surface area contributed by atoms with Crippen molar-refractivity contribution in [3.63, 3.8) is 0 Å². The molecule has 9 heteroatoms. The molecule has 0 bridgehead atoms. The number of aryl methyl sites for hydroxylation is 1. The number of aromatic nitrogens is 2. The average Bonchev–Trinajstić information content (AvgIpc) is 2.82. The quantitative estimate of drug-likeness (QED) is 0.570. The fourth-order valence-electron chi connectivity index (χ4n) is 3.70. The van der Waals surface area contributed by atoms with Crippen molar-refractivity contribution in [3.8, 4) is 17.4 Å². The summed E-state index contributed by atoms with van der Waals surface area (Å²) in [5, 5.41) is 3.47. The fourth-order valence-corrected chi connectivity index (χ4v) is 3.85. The van der Waals surface area contributed by atoms with Crippen molar-refractivity contribution in [3.05, 3.63) is 65.4 Å². The first-order valence-corrected chi connectivity index (χ1v) is 11.0. The molecule has 0 saturated carbocycles. The number of benzene rings is 2. The molecule has 1 fully saturated rings. The van der Waals surface area contributed by atoms with Crippen molar-refractivity contribution in [2.24, 2.45) is 0 Å². The van der Waals surface area contributed by atoms with Gasteiger partial charge in [-0.25, -0.2) is 14.8 Å². The number of halogens is 1. The third kappa shape index (κ3) is 5.46. The fraction of sp³-hybridized carbons (Fsp3) is 0.292. The molecule has 1 aromatic heterocycles. The highest BCUT2D eigenvalue weighted by atomic mass is 35.5. The molecule has 3 aromatic rings. The number of nitrogens with one attached hydrogen (secondary N) is 1. The maximum Gasteiger partial charge on any atom is 0.322 e. The van der Waals surface area contributed by atoms with Gasteiger partial charge in [0.15, 0.2) is 0 Å². The Kier molecular flexibility index (Phi) is 6.84. The highest BCUT2D eigenvalue weighted by Gasteiger charge is 2.28. The molecule has 0 unspecified atom stereocenters. The summed E-state index contributed by atoms with van der Waals surface area (Å²) < 4.78 is 11.1. The van der Waals surface area contributed by atoms with E-state index in [9.17, 15) is 4.79 Å². The molecule has 0 aliphatic carbocycles. The lowest BCUT2D eigenvalue weighted by Crippen LogP contribution is -2.55. The van der Waals surface area contributed by atoms with E-state index in [1.54, 1.807) is 19.2 Å². The smallest absolute Gasteiger partial charge is 0.322 e. The molecule has 2 aromatic carbocycles. The zero-order valence-corrected chi connectivity index (χ0v) is 19.5. The van der Waals surface area contributed by atoms with Crippen LogP contribution >= 0.6 is 11.6 Å².